The average Bonchev–Trinajstić information content (AvgIpc) is 3.54. The molecule has 2 aliphatic heterocycles. The SMILES string of the molecule is OC[C@H]1O[C@@H](Cc2cc(C3CCNCC3)on2)[CH][C@H](n2cc(-c3cc(F)c(F)c(F)c3)nn2)[C@H]1O. The fraction of sp³-hybridized carbons (Fsp3) is 0.478. The molecule has 12 heteroatoms. The van der Waals surface area contributed by atoms with Crippen LogP contribution in [0, 0.1) is 23.9 Å². The van der Waals surface area contributed by atoms with Crippen molar-refractivity contribution in [2.45, 2.75) is 49.5 Å². The number of aromatic nitrogens is 4. The number of ether oxygens (including phenoxy) is 1. The molecule has 0 saturated carbocycles. The first-order valence-electron chi connectivity index (χ1n) is 11.4. The van der Waals surface area contributed by atoms with Crippen LogP contribution in [0.3, 0.4) is 0 Å². The molecule has 0 aliphatic carbocycles. The largest absolute Gasteiger partial charge is 0.394 e. The Morgan fingerprint density at radius 1 is 1.11 bits per heavy atom. The number of nitrogens with zero attached hydrogens (tertiary/aromatic N) is 4. The topological polar surface area (TPSA) is 118 Å². The number of aliphatic hydroxyl groups is 2. The second-order valence-electron chi connectivity index (χ2n) is 8.86. The minimum Gasteiger partial charge on any atom is -0.394 e. The maximum absolute atomic E-state index is 13.6. The summed E-state index contributed by atoms with van der Waals surface area (Å²) in [6.45, 7) is 1.42. The van der Waals surface area contributed by atoms with Crippen LogP contribution in [0.2, 0.25) is 0 Å². The molecular weight excluding hydrogens is 467 g/mol. The summed E-state index contributed by atoms with van der Waals surface area (Å²) in [5, 5.41) is 35.9. The molecule has 4 heterocycles. The Bertz CT molecular complexity index is 1140. The molecule has 4 atom stereocenters. The van der Waals surface area contributed by atoms with Crippen LogP contribution in [0.25, 0.3) is 11.3 Å². The van der Waals surface area contributed by atoms with E-state index < -0.39 is 48.4 Å². The van der Waals surface area contributed by atoms with Gasteiger partial charge in [0.2, 0.25) is 0 Å². The lowest BCUT2D eigenvalue weighted by Gasteiger charge is -2.38. The van der Waals surface area contributed by atoms with E-state index in [1.54, 1.807) is 6.42 Å². The van der Waals surface area contributed by atoms with Gasteiger partial charge in [0, 0.05) is 30.4 Å². The van der Waals surface area contributed by atoms with Gasteiger partial charge in [0.05, 0.1) is 30.6 Å². The number of benzene rings is 1. The quantitative estimate of drug-likeness (QED) is 0.447. The Morgan fingerprint density at radius 3 is 2.57 bits per heavy atom. The van der Waals surface area contributed by atoms with E-state index in [0.717, 1.165) is 43.8 Å². The molecule has 1 aromatic carbocycles. The molecule has 0 bridgehead atoms. The van der Waals surface area contributed by atoms with Gasteiger partial charge in [0.1, 0.15) is 23.7 Å². The highest BCUT2D eigenvalue weighted by atomic mass is 19.2. The van der Waals surface area contributed by atoms with E-state index in [1.165, 1.54) is 10.9 Å². The van der Waals surface area contributed by atoms with Crippen LogP contribution < -0.4 is 5.32 Å². The highest BCUT2D eigenvalue weighted by Crippen LogP contribution is 2.32. The molecule has 2 aliphatic rings. The minimum absolute atomic E-state index is 0.00232. The van der Waals surface area contributed by atoms with Crippen molar-refractivity contribution in [3.8, 4) is 11.3 Å². The van der Waals surface area contributed by atoms with E-state index in [1.807, 2.05) is 6.07 Å². The number of nitrogens with one attached hydrogen (secondary N) is 1. The molecule has 2 aromatic heterocycles. The van der Waals surface area contributed by atoms with Crippen LogP contribution >= 0.6 is 0 Å². The molecule has 0 unspecified atom stereocenters. The van der Waals surface area contributed by atoms with Gasteiger partial charge in [-0.05, 0) is 38.1 Å². The number of halogens is 3. The van der Waals surface area contributed by atoms with Crippen molar-refractivity contribution in [2.75, 3.05) is 19.7 Å². The fourth-order valence-electron chi connectivity index (χ4n) is 4.60. The van der Waals surface area contributed by atoms with Gasteiger partial charge in [-0.2, -0.15) is 0 Å². The maximum atomic E-state index is 13.6. The lowest BCUT2D eigenvalue weighted by atomic mass is 9.92. The van der Waals surface area contributed by atoms with Crippen LogP contribution in [-0.4, -0.2) is 68.4 Å². The van der Waals surface area contributed by atoms with Gasteiger partial charge >= 0.3 is 0 Å². The summed E-state index contributed by atoms with van der Waals surface area (Å²) in [5.74, 6) is -3.12. The number of rotatable bonds is 6. The zero-order valence-corrected chi connectivity index (χ0v) is 18.6. The highest BCUT2D eigenvalue weighted by molar-refractivity contribution is 5.58. The van der Waals surface area contributed by atoms with E-state index in [4.69, 9.17) is 9.26 Å². The Kier molecular flexibility index (Phi) is 6.87. The third-order valence-electron chi connectivity index (χ3n) is 6.50. The zero-order chi connectivity index (χ0) is 24.5. The van der Waals surface area contributed by atoms with Gasteiger partial charge in [-0.15, -0.1) is 5.10 Å². The maximum Gasteiger partial charge on any atom is 0.194 e. The fourth-order valence-corrected chi connectivity index (χ4v) is 4.60. The minimum atomic E-state index is -1.57. The molecule has 3 N–H and O–H groups in total. The second kappa shape index (κ2) is 10.1. The van der Waals surface area contributed by atoms with Crippen LogP contribution in [0.5, 0.6) is 0 Å². The van der Waals surface area contributed by atoms with Gasteiger partial charge in [0.15, 0.2) is 17.5 Å². The molecule has 3 aromatic rings. The lowest BCUT2D eigenvalue weighted by molar-refractivity contribution is -0.131. The molecule has 187 valence electrons. The Labute approximate surface area is 198 Å². The Morgan fingerprint density at radius 2 is 1.86 bits per heavy atom. The van der Waals surface area contributed by atoms with Gasteiger partial charge in [-0.25, -0.2) is 17.9 Å². The van der Waals surface area contributed by atoms with Crippen molar-refractivity contribution < 1.29 is 32.6 Å². The Balaban J connectivity index is 1.33. The van der Waals surface area contributed by atoms with Crippen molar-refractivity contribution in [1.29, 1.82) is 0 Å². The summed E-state index contributed by atoms with van der Waals surface area (Å²) in [6, 6.07) is 2.80. The van der Waals surface area contributed by atoms with Crippen LogP contribution in [0.15, 0.2) is 28.9 Å². The third kappa shape index (κ3) is 4.96. The summed E-state index contributed by atoms with van der Waals surface area (Å²) >= 11 is 0. The van der Waals surface area contributed by atoms with Gasteiger partial charge < -0.3 is 24.8 Å². The van der Waals surface area contributed by atoms with Crippen molar-refractivity contribution in [3.63, 3.8) is 0 Å². The average molecular weight is 492 g/mol. The van der Waals surface area contributed by atoms with E-state index in [-0.39, 0.29) is 11.3 Å². The predicted octanol–water partition coefficient (Wildman–Crippen LogP) is 1.93. The smallest absolute Gasteiger partial charge is 0.194 e. The van der Waals surface area contributed by atoms with Crippen LogP contribution in [-0.2, 0) is 11.2 Å². The zero-order valence-electron chi connectivity index (χ0n) is 18.6. The van der Waals surface area contributed by atoms with Crippen molar-refractivity contribution in [2.24, 2.45) is 0 Å². The number of aliphatic hydroxyl groups excluding tert-OH is 2. The highest BCUT2D eigenvalue weighted by Gasteiger charge is 2.40. The van der Waals surface area contributed by atoms with Gasteiger partial charge in [-0.3, -0.25) is 0 Å². The van der Waals surface area contributed by atoms with E-state index in [0.29, 0.717) is 18.0 Å². The molecule has 9 nitrogen and oxygen atoms in total. The Hall–Kier alpha value is -2.80. The van der Waals surface area contributed by atoms with Crippen LogP contribution in [0.4, 0.5) is 13.2 Å². The molecule has 0 amide bonds. The summed E-state index contributed by atoms with van der Waals surface area (Å²) in [7, 11) is 0. The number of hydrogen-bond acceptors (Lipinski definition) is 8. The van der Waals surface area contributed by atoms with E-state index in [2.05, 4.69) is 20.8 Å². The van der Waals surface area contributed by atoms with E-state index in [9.17, 15) is 23.4 Å². The molecule has 35 heavy (non-hydrogen) atoms. The molecule has 1 radical (unpaired) electrons. The van der Waals surface area contributed by atoms with Gasteiger partial charge in [-0.1, -0.05) is 10.4 Å². The summed E-state index contributed by atoms with van der Waals surface area (Å²) < 4.78 is 53.3. The second-order valence-corrected chi connectivity index (χ2v) is 8.86. The first-order valence-corrected chi connectivity index (χ1v) is 11.4. The molecular formula is C23H25F3N5O4. The standard InChI is InChI=1S/C23H25F3N5O4/c24-16-5-13(6-17(25)22(16)26)18-10-31(30-28-18)19-9-15(34-21(11-32)23(19)33)7-14-8-20(35-29-14)12-1-3-27-4-2-12/h5-6,8-10,12,15,19,21,23,27,32-33H,1-4,7,11H2/t15-,19-,21+,23+/m0/s1. The predicted molar refractivity (Wildman–Crippen MR) is 115 cm³/mol. The molecule has 0 spiro atoms. The number of piperidine rings is 1. The first kappa shape index (κ1) is 23.9. The normalized spacial score (nSPS) is 25.7. The van der Waals surface area contributed by atoms with E-state index >= 15 is 0 Å². The van der Waals surface area contributed by atoms with Crippen LogP contribution in [0.1, 0.15) is 36.3 Å². The monoisotopic (exact) mass is 492 g/mol. The van der Waals surface area contributed by atoms with Crippen molar-refractivity contribution in [3.05, 3.63) is 59.7 Å². The van der Waals surface area contributed by atoms with Gasteiger partial charge in [0.25, 0.3) is 0 Å². The summed E-state index contributed by atoms with van der Waals surface area (Å²) in [4.78, 5) is 0. The first-order chi connectivity index (χ1) is 16.9. The third-order valence-corrected chi connectivity index (χ3v) is 6.50. The summed E-state index contributed by atoms with van der Waals surface area (Å²) in [5.41, 5.74) is 0.774. The summed E-state index contributed by atoms with van der Waals surface area (Å²) in [6.07, 6.45) is 2.80. The molecule has 2 saturated heterocycles. The lowest BCUT2D eigenvalue weighted by Crippen LogP contribution is -2.48. The van der Waals surface area contributed by atoms with Crippen molar-refractivity contribution in [1.82, 2.24) is 25.5 Å². The molecule has 2 fully saturated rings. The number of hydrogen-bond donors (Lipinski definition) is 3. The molecule has 5 rings (SSSR count). The van der Waals surface area contributed by atoms with Crippen molar-refractivity contribution >= 4 is 0 Å².